The first-order valence-corrected chi connectivity index (χ1v) is 8.77. The third-order valence-electron chi connectivity index (χ3n) is 4.23. The minimum atomic E-state index is -2.51. The number of fused-ring (bicyclic) bond motifs is 1. The predicted octanol–water partition coefficient (Wildman–Crippen LogP) is 1.65. The smallest absolute Gasteiger partial charge is 0.334 e. The minimum absolute atomic E-state index is 0.00755. The van der Waals surface area contributed by atoms with E-state index in [1.165, 1.54) is 19.9 Å². The van der Waals surface area contributed by atoms with Gasteiger partial charge in [0.1, 0.15) is 0 Å². The standard InChI is InChI=1S/C19H23NO7/c1-5-25-16(22)14-19(17(23)26-6-2,18(24)27-7-3)15(21)12-9-8-11(4)10-13(12)20-14/h8-10,14,20H,5-7H2,1-4H3. The topological polar surface area (TPSA) is 108 Å². The number of nitrogens with one attached hydrogen (secondary N) is 1. The molecule has 1 atom stereocenters. The highest BCUT2D eigenvalue weighted by atomic mass is 16.6. The lowest BCUT2D eigenvalue weighted by atomic mass is 9.70. The van der Waals surface area contributed by atoms with Crippen LogP contribution in [0.4, 0.5) is 5.69 Å². The zero-order chi connectivity index (χ0) is 20.2. The number of carbonyl (C=O) groups is 4. The third kappa shape index (κ3) is 3.39. The Balaban J connectivity index is 2.74. The zero-order valence-electron chi connectivity index (χ0n) is 15.8. The molecule has 0 spiro atoms. The SMILES string of the molecule is CCOC(=O)C1Nc2cc(C)ccc2C(=O)C1(C(=O)OCC)C(=O)OCC. The molecule has 0 fully saturated rings. The van der Waals surface area contributed by atoms with Crippen LogP contribution >= 0.6 is 0 Å². The molecular weight excluding hydrogens is 354 g/mol. The summed E-state index contributed by atoms with van der Waals surface area (Å²) in [4.78, 5) is 51.7. The van der Waals surface area contributed by atoms with Crippen molar-refractivity contribution in [3.05, 3.63) is 29.3 Å². The first-order valence-electron chi connectivity index (χ1n) is 8.77. The summed E-state index contributed by atoms with van der Waals surface area (Å²) in [5.74, 6) is -4.07. The van der Waals surface area contributed by atoms with Gasteiger partial charge in [-0.25, -0.2) is 4.79 Å². The van der Waals surface area contributed by atoms with Gasteiger partial charge in [-0.3, -0.25) is 14.4 Å². The van der Waals surface area contributed by atoms with Crippen molar-refractivity contribution in [3.63, 3.8) is 0 Å². The lowest BCUT2D eigenvalue weighted by Gasteiger charge is -2.38. The van der Waals surface area contributed by atoms with E-state index in [1.807, 2.05) is 6.92 Å². The lowest BCUT2D eigenvalue weighted by molar-refractivity contribution is -0.173. The van der Waals surface area contributed by atoms with Crippen molar-refractivity contribution in [1.29, 1.82) is 0 Å². The summed E-state index contributed by atoms with van der Waals surface area (Å²) in [6.45, 7) is 6.31. The van der Waals surface area contributed by atoms with E-state index in [4.69, 9.17) is 14.2 Å². The Morgan fingerprint density at radius 1 is 1.00 bits per heavy atom. The largest absolute Gasteiger partial charge is 0.465 e. The van der Waals surface area contributed by atoms with E-state index in [2.05, 4.69) is 5.32 Å². The Hall–Kier alpha value is -2.90. The fourth-order valence-electron chi connectivity index (χ4n) is 3.04. The van der Waals surface area contributed by atoms with Gasteiger partial charge in [-0.15, -0.1) is 0 Å². The van der Waals surface area contributed by atoms with Gasteiger partial charge in [0.2, 0.25) is 0 Å². The molecule has 146 valence electrons. The maximum Gasteiger partial charge on any atom is 0.334 e. The van der Waals surface area contributed by atoms with Crippen molar-refractivity contribution >= 4 is 29.4 Å². The molecule has 1 aromatic rings. The molecule has 0 aromatic heterocycles. The molecule has 0 saturated heterocycles. The highest BCUT2D eigenvalue weighted by Gasteiger charge is 2.66. The number of Topliss-reactive ketones (excluding diaryl/α,β-unsaturated/α-hetero) is 1. The van der Waals surface area contributed by atoms with Gasteiger partial charge in [-0.2, -0.15) is 0 Å². The molecule has 0 bridgehead atoms. The molecule has 2 rings (SSSR count). The van der Waals surface area contributed by atoms with E-state index in [-0.39, 0.29) is 25.4 Å². The van der Waals surface area contributed by atoms with E-state index in [0.717, 1.165) is 5.56 Å². The number of anilines is 1. The van der Waals surface area contributed by atoms with Crippen molar-refractivity contribution in [1.82, 2.24) is 0 Å². The van der Waals surface area contributed by atoms with Gasteiger partial charge in [0.05, 0.1) is 19.8 Å². The van der Waals surface area contributed by atoms with Crippen LogP contribution in [0.3, 0.4) is 0 Å². The van der Waals surface area contributed by atoms with E-state index >= 15 is 0 Å². The Labute approximate surface area is 157 Å². The molecule has 27 heavy (non-hydrogen) atoms. The molecule has 1 heterocycles. The van der Waals surface area contributed by atoms with Crippen LogP contribution in [-0.2, 0) is 28.6 Å². The Kier molecular flexibility index (Phi) is 6.20. The van der Waals surface area contributed by atoms with Gasteiger partial charge < -0.3 is 19.5 Å². The van der Waals surface area contributed by atoms with Gasteiger partial charge in [-0.05, 0) is 45.4 Å². The maximum atomic E-state index is 13.4. The van der Waals surface area contributed by atoms with Crippen LogP contribution in [0, 0.1) is 12.3 Å². The molecule has 1 aromatic carbocycles. The van der Waals surface area contributed by atoms with Gasteiger partial charge in [-0.1, -0.05) is 6.07 Å². The number of rotatable bonds is 6. The molecule has 8 heteroatoms. The Bertz CT molecular complexity index is 753. The van der Waals surface area contributed by atoms with Crippen molar-refractivity contribution < 1.29 is 33.4 Å². The number of hydrogen-bond donors (Lipinski definition) is 1. The Morgan fingerprint density at radius 2 is 1.56 bits per heavy atom. The molecule has 0 amide bonds. The van der Waals surface area contributed by atoms with E-state index in [1.54, 1.807) is 19.1 Å². The number of ether oxygens (including phenoxy) is 3. The highest BCUT2D eigenvalue weighted by molar-refractivity contribution is 6.31. The normalized spacial score (nSPS) is 17.3. The summed E-state index contributed by atoms with van der Waals surface area (Å²) in [5, 5.41) is 2.83. The summed E-state index contributed by atoms with van der Waals surface area (Å²) in [6, 6.07) is 3.22. The van der Waals surface area contributed by atoms with Crippen LogP contribution in [0.1, 0.15) is 36.7 Å². The number of aryl methyl sites for hydroxylation is 1. The zero-order valence-corrected chi connectivity index (χ0v) is 15.8. The van der Waals surface area contributed by atoms with Crippen LogP contribution in [0.25, 0.3) is 0 Å². The second-order valence-corrected chi connectivity index (χ2v) is 5.96. The van der Waals surface area contributed by atoms with Crippen molar-refractivity contribution in [2.75, 3.05) is 25.1 Å². The number of benzene rings is 1. The van der Waals surface area contributed by atoms with E-state index in [0.29, 0.717) is 5.69 Å². The number of hydrogen-bond acceptors (Lipinski definition) is 8. The molecule has 1 N–H and O–H groups in total. The van der Waals surface area contributed by atoms with Crippen molar-refractivity contribution in [2.24, 2.45) is 5.41 Å². The van der Waals surface area contributed by atoms with Crippen LogP contribution in [0.2, 0.25) is 0 Å². The average Bonchev–Trinajstić information content (AvgIpc) is 2.61. The Morgan fingerprint density at radius 3 is 2.07 bits per heavy atom. The van der Waals surface area contributed by atoms with Gasteiger partial charge >= 0.3 is 17.9 Å². The summed E-state index contributed by atoms with van der Waals surface area (Å²) in [5.41, 5.74) is -1.25. The number of esters is 3. The maximum absolute atomic E-state index is 13.4. The molecule has 0 aliphatic carbocycles. The van der Waals surface area contributed by atoms with Gasteiger partial charge in [0, 0.05) is 11.3 Å². The fraction of sp³-hybridized carbons (Fsp3) is 0.474. The second kappa shape index (κ2) is 8.20. The highest BCUT2D eigenvalue weighted by Crippen LogP contribution is 2.40. The van der Waals surface area contributed by atoms with Crippen molar-refractivity contribution in [3.8, 4) is 0 Å². The van der Waals surface area contributed by atoms with E-state index < -0.39 is 35.1 Å². The molecule has 1 aliphatic heterocycles. The molecule has 8 nitrogen and oxygen atoms in total. The molecule has 1 unspecified atom stereocenters. The predicted molar refractivity (Wildman–Crippen MR) is 95.3 cm³/mol. The molecule has 0 saturated carbocycles. The quantitative estimate of drug-likeness (QED) is 0.453. The first kappa shape index (κ1) is 20.4. The molecular formula is C19H23NO7. The number of ketones is 1. The summed E-state index contributed by atoms with van der Waals surface area (Å²) in [6.07, 6.45) is 0. The monoisotopic (exact) mass is 377 g/mol. The summed E-state index contributed by atoms with van der Waals surface area (Å²) >= 11 is 0. The third-order valence-corrected chi connectivity index (χ3v) is 4.23. The van der Waals surface area contributed by atoms with Crippen LogP contribution in [-0.4, -0.2) is 49.6 Å². The van der Waals surface area contributed by atoms with Crippen LogP contribution in [0.15, 0.2) is 18.2 Å². The van der Waals surface area contributed by atoms with Gasteiger partial charge in [0.15, 0.2) is 11.8 Å². The minimum Gasteiger partial charge on any atom is -0.465 e. The summed E-state index contributed by atoms with van der Waals surface area (Å²) in [7, 11) is 0. The first-order chi connectivity index (χ1) is 12.8. The average molecular weight is 377 g/mol. The van der Waals surface area contributed by atoms with Gasteiger partial charge in [0.25, 0.3) is 5.41 Å². The second-order valence-electron chi connectivity index (χ2n) is 5.96. The fourth-order valence-corrected chi connectivity index (χ4v) is 3.04. The molecule has 1 aliphatic rings. The summed E-state index contributed by atoms with van der Waals surface area (Å²) < 4.78 is 15.0. The molecule has 0 radical (unpaired) electrons. The van der Waals surface area contributed by atoms with Crippen molar-refractivity contribution in [2.45, 2.75) is 33.7 Å². The van der Waals surface area contributed by atoms with E-state index in [9.17, 15) is 19.2 Å². The van der Waals surface area contributed by atoms with Crippen LogP contribution < -0.4 is 5.32 Å². The van der Waals surface area contributed by atoms with Crippen LogP contribution in [0.5, 0.6) is 0 Å². The lowest BCUT2D eigenvalue weighted by Crippen LogP contribution is -2.64. The number of carbonyl (C=O) groups excluding carboxylic acids is 4.